The Hall–Kier alpha value is -2.94. The lowest BCUT2D eigenvalue weighted by Crippen LogP contribution is -2.69. The fourth-order valence-corrected chi connectivity index (χ4v) is 2.56. The van der Waals surface area contributed by atoms with Crippen LogP contribution in [-0.2, 0) is 9.53 Å². The van der Waals surface area contributed by atoms with Crippen LogP contribution in [0, 0.1) is 0 Å². The van der Waals surface area contributed by atoms with Crippen LogP contribution in [-0.4, -0.2) is 37.4 Å². The van der Waals surface area contributed by atoms with E-state index in [1.54, 1.807) is 5.32 Å². The van der Waals surface area contributed by atoms with Crippen molar-refractivity contribution in [3.63, 3.8) is 0 Å². The van der Waals surface area contributed by atoms with Crippen molar-refractivity contribution in [1.29, 1.82) is 0 Å². The molecule has 0 aliphatic rings. The molecule has 0 heterocycles. The maximum atomic E-state index is 14.1. The maximum absolute atomic E-state index is 14.1. The van der Waals surface area contributed by atoms with E-state index in [1.807, 2.05) is 5.32 Å². The number of amides is 1. The van der Waals surface area contributed by atoms with E-state index in [2.05, 4.69) is 4.74 Å². The zero-order valence-electron chi connectivity index (χ0n) is 15.5. The van der Waals surface area contributed by atoms with Gasteiger partial charge in [-0.2, -0.15) is 13.2 Å². The first-order valence-corrected chi connectivity index (χ1v) is 8.75. The third kappa shape index (κ3) is 4.92. The molecular formula is C19H18ClF3N2O4. The Morgan fingerprint density at radius 1 is 1.07 bits per heavy atom. The van der Waals surface area contributed by atoms with E-state index in [1.165, 1.54) is 62.6 Å². The quantitative estimate of drug-likeness (QED) is 0.512. The van der Waals surface area contributed by atoms with E-state index in [0.29, 0.717) is 5.75 Å². The molecule has 1 atom stereocenters. The summed E-state index contributed by atoms with van der Waals surface area (Å²) in [5.74, 6) is -2.48. The van der Waals surface area contributed by atoms with Gasteiger partial charge in [-0.3, -0.25) is 4.79 Å². The molecule has 10 heteroatoms. The molecule has 0 unspecified atom stereocenters. The largest absolute Gasteiger partial charge is 0.497 e. The highest BCUT2D eigenvalue weighted by Gasteiger charge is 2.63. The number of esters is 1. The predicted molar refractivity (Wildman–Crippen MR) is 101 cm³/mol. The van der Waals surface area contributed by atoms with Crippen LogP contribution >= 0.6 is 11.6 Å². The third-order valence-electron chi connectivity index (χ3n) is 3.86. The van der Waals surface area contributed by atoms with Crippen LogP contribution in [0.4, 0.5) is 18.9 Å². The highest BCUT2D eigenvalue weighted by molar-refractivity contribution is 6.33. The summed E-state index contributed by atoms with van der Waals surface area (Å²) in [6.45, 7) is 1.01. The summed E-state index contributed by atoms with van der Waals surface area (Å²) in [4.78, 5) is 25.0. The van der Waals surface area contributed by atoms with E-state index < -0.39 is 23.7 Å². The second-order valence-corrected chi connectivity index (χ2v) is 6.16. The van der Waals surface area contributed by atoms with Gasteiger partial charge in [0.05, 0.1) is 24.4 Å². The minimum absolute atomic E-state index is 0.0795. The number of carbonyl (C=O) groups excluding carboxylic acids is 2. The van der Waals surface area contributed by atoms with Crippen molar-refractivity contribution in [3.8, 4) is 5.75 Å². The van der Waals surface area contributed by atoms with Crippen LogP contribution in [0.5, 0.6) is 5.75 Å². The first-order valence-electron chi connectivity index (χ1n) is 8.38. The van der Waals surface area contributed by atoms with Crippen LogP contribution in [0.1, 0.15) is 17.3 Å². The molecule has 156 valence electrons. The van der Waals surface area contributed by atoms with E-state index >= 15 is 0 Å². The number of nitrogens with one attached hydrogen (secondary N) is 2. The summed E-state index contributed by atoms with van der Waals surface area (Å²) in [5, 5.41) is 3.68. The van der Waals surface area contributed by atoms with Gasteiger partial charge in [0.25, 0.3) is 5.91 Å². The Bertz CT molecular complexity index is 875. The van der Waals surface area contributed by atoms with E-state index in [4.69, 9.17) is 16.3 Å². The lowest BCUT2D eigenvalue weighted by molar-refractivity contribution is -0.204. The van der Waals surface area contributed by atoms with Crippen molar-refractivity contribution in [3.05, 3.63) is 59.1 Å². The molecule has 1 amide bonds. The van der Waals surface area contributed by atoms with Crippen molar-refractivity contribution < 1.29 is 32.2 Å². The Kier molecular flexibility index (Phi) is 6.97. The molecule has 0 aromatic heterocycles. The number of para-hydroxylation sites is 1. The molecule has 2 N–H and O–H groups in total. The van der Waals surface area contributed by atoms with Gasteiger partial charge in [0.15, 0.2) is 0 Å². The first kappa shape index (κ1) is 22.4. The van der Waals surface area contributed by atoms with Crippen LogP contribution in [0.15, 0.2) is 48.5 Å². The second kappa shape index (κ2) is 9.04. The lowest BCUT2D eigenvalue weighted by Gasteiger charge is -2.35. The van der Waals surface area contributed by atoms with Gasteiger partial charge in [-0.25, -0.2) is 4.79 Å². The summed E-state index contributed by atoms with van der Waals surface area (Å²) in [6.07, 6.45) is -5.26. The van der Waals surface area contributed by atoms with E-state index in [0.717, 1.165) is 0 Å². The molecule has 0 bridgehead atoms. The number of benzene rings is 2. The molecule has 2 aromatic rings. The number of anilines is 1. The molecule has 0 saturated heterocycles. The molecule has 6 nitrogen and oxygen atoms in total. The van der Waals surface area contributed by atoms with Crippen LogP contribution < -0.4 is 15.4 Å². The Labute approximate surface area is 169 Å². The number of carbonyl (C=O) groups is 2. The highest BCUT2D eigenvalue weighted by atomic mass is 35.5. The van der Waals surface area contributed by atoms with E-state index in [-0.39, 0.29) is 22.9 Å². The summed E-state index contributed by atoms with van der Waals surface area (Å²) in [6, 6.07) is 10.8. The number of hydrogen-bond donors (Lipinski definition) is 2. The number of hydrogen-bond acceptors (Lipinski definition) is 5. The van der Waals surface area contributed by atoms with E-state index in [9.17, 15) is 22.8 Å². The van der Waals surface area contributed by atoms with Gasteiger partial charge in [0.1, 0.15) is 5.75 Å². The summed E-state index contributed by atoms with van der Waals surface area (Å²) < 4.78 is 51.9. The Morgan fingerprint density at radius 3 is 2.21 bits per heavy atom. The molecule has 0 aliphatic heterocycles. The van der Waals surface area contributed by atoms with Gasteiger partial charge >= 0.3 is 17.8 Å². The minimum atomic E-state index is -5.26. The summed E-state index contributed by atoms with van der Waals surface area (Å²) in [7, 11) is 1.40. The molecule has 0 spiro atoms. The molecule has 0 saturated carbocycles. The van der Waals surface area contributed by atoms with Crippen molar-refractivity contribution in [2.45, 2.75) is 18.8 Å². The summed E-state index contributed by atoms with van der Waals surface area (Å²) >= 11 is 5.94. The van der Waals surface area contributed by atoms with Crippen molar-refractivity contribution in [2.24, 2.45) is 0 Å². The molecule has 29 heavy (non-hydrogen) atoms. The molecule has 2 aromatic carbocycles. The lowest BCUT2D eigenvalue weighted by atomic mass is 10.1. The highest BCUT2D eigenvalue weighted by Crippen LogP contribution is 2.35. The zero-order valence-corrected chi connectivity index (χ0v) is 16.2. The first-order chi connectivity index (χ1) is 13.6. The number of alkyl halides is 3. The normalized spacial score (nSPS) is 13.2. The average Bonchev–Trinajstić information content (AvgIpc) is 2.68. The van der Waals surface area contributed by atoms with Crippen molar-refractivity contribution in [2.75, 3.05) is 19.0 Å². The molecule has 0 radical (unpaired) electrons. The standard InChI is InChI=1S/C19H18ClF3N2O4/c1-3-29-17(27)18(19(21,22)23,24-15-7-5-4-6-14(15)20)25-16(26)12-8-10-13(28-2)11-9-12/h4-11,24H,3H2,1-2H3,(H,25,26)/t18-/m0/s1. The van der Waals surface area contributed by atoms with Crippen molar-refractivity contribution >= 4 is 29.2 Å². The topological polar surface area (TPSA) is 76.7 Å². The molecular weight excluding hydrogens is 413 g/mol. The zero-order chi connectivity index (χ0) is 21.7. The van der Waals surface area contributed by atoms with Gasteiger partial charge < -0.3 is 20.1 Å². The number of ether oxygens (including phenoxy) is 2. The maximum Gasteiger partial charge on any atom is 0.441 e. The number of rotatable bonds is 7. The average molecular weight is 431 g/mol. The number of halogens is 4. The van der Waals surface area contributed by atoms with Crippen molar-refractivity contribution in [1.82, 2.24) is 5.32 Å². The third-order valence-corrected chi connectivity index (χ3v) is 4.19. The minimum Gasteiger partial charge on any atom is -0.497 e. The summed E-state index contributed by atoms with van der Waals surface area (Å²) in [5.41, 5.74) is -3.90. The van der Waals surface area contributed by atoms with Gasteiger partial charge in [-0.15, -0.1) is 0 Å². The number of methoxy groups -OCH3 is 1. The Morgan fingerprint density at radius 2 is 1.69 bits per heavy atom. The van der Waals surface area contributed by atoms with Gasteiger partial charge in [0.2, 0.25) is 0 Å². The SMILES string of the molecule is CCOC(=O)[C@@](NC(=O)c1ccc(OC)cc1)(Nc1ccccc1Cl)C(F)(F)F. The molecule has 2 rings (SSSR count). The molecule has 0 fully saturated rings. The monoisotopic (exact) mass is 430 g/mol. The molecule has 0 aliphatic carbocycles. The van der Waals surface area contributed by atoms with Crippen LogP contribution in [0.25, 0.3) is 0 Å². The van der Waals surface area contributed by atoms with Gasteiger partial charge in [0, 0.05) is 5.56 Å². The van der Waals surface area contributed by atoms with Crippen LogP contribution in [0.3, 0.4) is 0 Å². The van der Waals surface area contributed by atoms with Gasteiger partial charge in [-0.1, -0.05) is 23.7 Å². The Balaban J connectivity index is 2.50. The van der Waals surface area contributed by atoms with Crippen LogP contribution in [0.2, 0.25) is 5.02 Å². The fourth-order valence-electron chi connectivity index (χ4n) is 2.38. The fraction of sp³-hybridized carbons (Fsp3) is 0.263. The smallest absolute Gasteiger partial charge is 0.441 e. The predicted octanol–water partition coefficient (Wildman–Crippen LogP) is 4.01. The van der Waals surface area contributed by atoms with Gasteiger partial charge in [-0.05, 0) is 43.3 Å². The second-order valence-electron chi connectivity index (χ2n) is 5.76.